The Kier molecular flexibility index (Phi) is 6.67. The molecule has 2 amide bonds. The summed E-state index contributed by atoms with van der Waals surface area (Å²) in [6.45, 7) is 1.53. The minimum atomic E-state index is -0.504. The van der Waals surface area contributed by atoms with Crippen molar-refractivity contribution < 1.29 is 19.1 Å². The fourth-order valence-electron chi connectivity index (χ4n) is 2.49. The second-order valence-corrected chi connectivity index (χ2v) is 5.70. The van der Waals surface area contributed by atoms with Crippen LogP contribution < -0.4 is 10.2 Å². The van der Waals surface area contributed by atoms with Gasteiger partial charge in [-0.2, -0.15) is 5.26 Å². The van der Waals surface area contributed by atoms with Crippen LogP contribution in [0, 0.1) is 11.3 Å². The number of nitrogens with zero attached hydrogens (tertiary/aromatic N) is 2. The van der Waals surface area contributed by atoms with Crippen molar-refractivity contribution >= 4 is 29.2 Å². The van der Waals surface area contributed by atoms with Gasteiger partial charge >= 0.3 is 5.97 Å². The Bertz CT molecular complexity index is 902. The Hall–Kier alpha value is -3.66. The van der Waals surface area contributed by atoms with Crippen molar-refractivity contribution in [1.82, 2.24) is 0 Å². The lowest BCUT2D eigenvalue weighted by Gasteiger charge is -2.21. The van der Waals surface area contributed by atoms with Crippen LogP contribution in [0.5, 0.6) is 0 Å². The summed E-state index contributed by atoms with van der Waals surface area (Å²) in [6, 6.07) is 15.0. The molecule has 0 aliphatic heterocycles. The summed E-state index contributed by atoms with van der Waals surface area (Å²) in [5, 5.41) is 11.6. The van der Waals surface area contributed by atoms with E-state index in [4.69, 9.17) is 5.26 Å². The van der Waals surface area contributed by atoms with Crippen molar-refractivity contribution in [3.05, 3.63) is 59.7 Å². The maximum Gasteiger partial charge on any atom is 0.337 e. The number of methoxy groups -OCH3 is 1. The number of hydrogen-bond donors (Lipinski definition) is 1. The number of hydrogen-bond acceptors (Lipinski definition) is 5. The molecule has 0 radical (unpaired) electrons. The van der Waals surface area contributed by atoms with E-state index >= 15 is 0 Å². The normalized spacial score (nSPS) is 9.81. The average molecular weight is 365 g/mol. The largest absolute Gasteiger partial charge is 0.465 e. The third-order valence-corrected chi connectivity index (χ3v) is 3.80. The number of ether oxygens (including phenoxy) is 1. The first-order valence-electron chi connectivity index (χ1n) is 8.21. The van der Waals surface area contributed by atoms with Crippen LogP contribution in [0.15, 0.2) is 48.5 Å². The summed E-state index contributed by atoms with van der Waals surface area (Å²) in [5.74, 6) is -1.05. The molecule has 2 aromatic rings. The van der Waals surface area contributed by atoms with Gasteiger partial charge in [-0.3, -0.25) is 9.59 Å². The maximum absolute atomic E-state index is 12.2. The van der Waals surface area contributed by atoms with E-state index in [9.17, 15) is 14.4 Å². The molecular weight excluding hydrogens is 346 g/mol. The van der Waals surface area contributed by atoms with Gasteiger partial charge < -0.3 is 15.0 Å². The minimum absolute atomic E-state index is 0.0544. The second-order valence-electron chi connectivity index (χ2n) is 5.70. The zero-order valence-corrected chi connectivity index (χ0v) is 15.1. The highest BCUT2D eigenvalue weighted by Gasteiger charge is 2.16. The number of carbonyl (C=O) groups is 3. The van der Waals surface area contributed by atoms with Crippen LogP contribution in [-0.4, -0.2) is 31.4 Å². The molecule has 0 bridgehead atoms. The molecule has 0 aromatic heterocycles. The molecule has 2 aromatic carbocycles. The lowest BCUT2D eigenvalue weighted by atomic mass is 10.1. The van der Waals surface area contributed by atoms with Crippen molar-refractivity contribution in [2.24, 2.45) is 0 Å². The van der Waals surface area contributed by atoms with Gasteiger partial charge in [0.1, 0.15) is 0 Å². The summed E-state index contributed by atoms with van der Waals surface area (Å²) >= 11 is 0. The van der Waals surface area contributed by atoms with Crippen LogP contribution >= 0.6 is 0 Å². The third-order valence-electron chi connectivity index (χ3n) is 3.80. The molecule has 7 heteroatoms. The molecule has 138 valence electrons. The first-order chi connectivity index (χ1) is 12.9. The van der Waals surface area contributed by atoms with Gasteiger partial charge in [0, 0.05) is 31.3 Å². The molecule has 0 heterocycles. The zero-order valence-electron chi connectivity index (χ0n) is 15.1. The van der Waals surface area contributed by atoms with Crippen molar-refractivity contribution in [2.75, 3.05) is 23.9 Å². The second kappa shape index (κ2) is 9.15. The number of benzene rings is 2. The van der Waals surface area contributed by atoms with E-state index in [-0.39, 0.29) is 24.8 Å². The Labute approximate surface area is 157 Å². The Balaban J connectivity index is 2.06. The molecule has 27 heavy (non-hydrogen) atoms. The summed E-state index contributed by atoms with van der Waals surface area (Å²) in [6.07, 6.45) is 0.0544. The molecule has 0 aliphatic carbocycles. The molecule has 0 saturated heterocycles. The Morgan fingerprint density at radius 3 is 2.56 bits per heavy atom. The van der Waals surface area contributed by atoms with Gasteiger partial charge in [-0.25, -0.2) is 4.79 Å². The topological polar surface area (TPSA) is 99.5 Å². The zero-order chi connectivity index (χ0) is 19.8. The fraction of sp³-hybridized carbons (Fsp3) is 0.200. The minimum Gasteiger partial charge on any atom is -0.465 e. The molecule has 1 N–H and O–H groups in total. The first kappa shape index (κ1) is 19.7. The van der Waals surface area contributed by atoms with Gasteiger partial charge in [0.25, 0.3) is 0 Å². The molecule has 0 aliphatic rings. The molecule has 0 fully saturated rings. The number of nitrogens with one attached hydrogen (secondary N) is 1. The van der Waals surface area contributed by atoms with Gasteiger partial charge in [0.2, 0.25) is 11.8 Å². The molecular formula is C20H19N3O4. The van der Waals surface area contributed by atoms with E-state index in [1.807, 2.05) is 6.07 Å². The van der Waals surface area contributed by atoms with Crippen molar-refractivity contribution in [1.29, 1.82) is 5.26 Å². The van der Waals surface area contributed by atoms with Crippen LogP contribution in [0.2, 0.25) is 0 Å². The number of esters is 1. The number of nitriles is 1. The Morgan fingerprint density at radius 2 is 1.89 bits per heavy atom. The summed E-state index contributed by atoms with van der Waals surface area (Å²) in [4.78, 5) is 37.3. The molecule has 0 spiro atoms. The molecule has 0 saturated carbocycles. The average Bonchev–Trinajstić information content (AvgIpc) is 2.67. The SMILES string of the molecule is COC(=O)c1cccc(N(CCC(=O)Nc2cccc(C#N)c2)C(C)=O)c1. The number of anilines is 2. The van der Waals surface area contributed by atoms with Gasteiger partial charge in [0.15, 0.2) is 0 Å². The molecule has 2 rings (SSSR count). The monoisotopic (exact) mass is 365 g/mol. The highest BCUT2D eigenvalue weighted by molar-refractivity contribution is 5.96. The quantitative estimate of drug-likeness (QED) is 0.794. The highest BCUT2D eigenvalue weighted by atomic mass is 16.5. The van der Waals surface area contributed by atoms with Crippen LogP contribution in [0.3, 0.4) is 0 Å². The summed E-state index contributed by atoms with van der Waals surface area (Å²) in [5.41, 5.74) is 1.78. The summed E-state index contributed by atoms with van der Waals surface area (Å²) in [7, 11) is 1.28. The summed E-state index contributed by atoms with van der Waals surface area (Å²) < 4.78 is 4.69. The van der Waals surface area contributed by atoms with E-state index in [0.29, 0.717) is 22.5 Å². The number of carbonyl (C=O) groups excluding carboxylic acids is 3. The number of rotatable bonds is 6. The van der Waals surface area contributed by atoms with Gasteiger partial charge in [0.05, 0.1) is 24.3 Å². The van der Waals surface area contributed by atoms with Crippen LogP contribution in [-0.2, 0) is 14.3 Å². The molecule has 0 unspecified atom stereocenters. The van der Waals surface area contributed by atoms with E-state index in [1.165, 1.54) is 18.9 Å². The lowest BCUT2D eigenvalue weighted by molar-refractivity contribution is -0.117. The third kappa shape index (κ3) is 5.41. The standard InChI is InChI=1S/C20H19N3O4/c1-14(24)23(18-8-4-6-16(12-18)20(26)27-2)10-9-19(25)22-17-7-3-5-15(11-17)13-21/h3-8,11-12H,9-10H2,1-2H3,(H,22,25). The lowest BCUT2D eigenvalue weighted by Crippen LogP contribution is -2.32. The predicted octanol–water partition coefficient (Wildman–Crippen LogP) is 2.73. The molecule has 7 nitrogen and oxygen atoms in total. The highest BCUT2D eigenvalue weighted by Crippen LogP contribution is 2.18. The van der Waals surface area contributed by atoms with Crippen LogP contribution in [0.1, 0.15) is 29.3 Å². The van der Waals surface area contributed by atoms with Crippen molar-refractivity contribution in [3.63, 3.8) is 0 Å². The van der Waals surface area contributed by atoms with Crippen molar-refractivity contribution in [3.8, 4) is 6.07 Å². The van der Waals surface area contributed by atoms with Crippen LogP contribution in [0.25, 0.3) is 0 Å². The van der Waals surface area contributed by atoms with E-state index in [1.54, 1.807) is 48.5 Å². The maximum atomic E-state index is 12.2. The van der Waals surface area contributed by atoms with E-state index in [2.05, 4.69) is 10.1 Å². The molecule has 0 atom stereocenters. The van der Waals surface area contributed by atoms with Gasteiger partial charge in [-0.15, -0.1) is 0 Å². The van der Waals surface area contributed by atoms with Gasteiger partial charge in [-0.1, -0.05) is 12.1 Å². The van der Waals surface area contributed by atoms with E-state index < -0.39 is 5.97 Å². The fourth-order valence-corrected chi connectivity index (χ4v) is 2.49. The smallest absolute Gasteiger partial charge is 0.337 e. The number of amides is 2. The van der Waals surface area contributed by atoms with E-state index in [0.717, 1.165) is 0 Å². The van der Waals surface area contributed by atoms with Crippen molar-refractivity contribution in [2.45, 2.75) is 13.3 Å². The van der Waals surface area contributed by atoms with Gasteiger partial charge in [-0.05, 0) is 36.4 Å². The predicted molar refractivity (Wildman–Crippen MR) is 100 cm³/mol. The van der Waals surface area contributed by atoms with Crippen LogP contribution in [0.4, 0.5) is 11.4 Å². The Morgan fingerprint density at radius 1 is 1.15 bits per heavy atom. The first-order valence-corrected chi connectivity index (χ1v) is 8.21.